The highest BCUT2D eigenvalue weighted by Crippen LogP contribution is 2.13. The number of nitrogens with one attached hydrogen (secondary N) is 2. The Labute approximate surface area is 220 Å². The molecule has 1 atom stereocenters. The lowest BCUT2D eigenvalue weighted by molar-refractivity contribution is 0.0327. The summed E-state index contributed by atoms with van der Waals surface area (Å²) in [5.41, 5.74) is 1.26. The minimum atomic E-state index is -4.14. The molecular weight excluding hydrogens is 518 g/mol. The van der Waals surface area contributed by atoms with Crippen LogP contribution in [0.4, 0.5) is 0 Å². The molecule has 2 aromatic carbocycles. The number of sulfonamides is 1. The molecule has 9 nitrogen and oxygen atoms in total. The molecule has 3 rings (SSSR count). The van der Waals surface area contributed by atoms with Crippen LogP contribution < -0.4 is 10.0 Å². The van der Waals surface area contributed by atoms with Gasteiger partial charge < -0.3 is 10.1 Å². The molecule has 0 aliphatic rings. The molecule has 0 saturated heterocycles. The highest BCUT2D eigenvalue weighted by atomic mass is 35.5. The second-order valence-electron chi connectivity index (χ2n) is 8.15. The Balaban J connectivity index is 1.54. The van der Waals surface area contributed by atoms with Gasteiger partial charge in [0.25, 0.3) is 21.8 Å². The lowest BCUT2D eigenvalue weighted by atomic mass is 10.1. The largest absolute Gasteiger partial charge is 0.458 e. The minimum absolute atomic E-state index is 0.0136. The third-order valence-electron chi connectivity index (χ3n) is 5.38. The van der Waals surface area contributed by atoms with Crippen molar-refractivity contribution in [3.05, 3.63) is 94.3 Å². The van der Waals surface area contributed by atoms with Gasteiger partial charge in [-0.05, 0) is 73.9 Å². The number of rotatable bonds is 10. The third kappa shape index (κ3) is 7.86. The number of aromatic nitrogens is 1. The lowest BCUT2D eigenvalue weighted by Crippen LogP contribution is -2.30. The van der Waals surface area contributed by atoms with E-state index in [-0.39, 0.29) is 28.2 Å². The van der Waals surface area contributed by atoms with Gasteiger partial charge in [-0.15, -0.1) is 0 Å². The van der Waals surface area contributed by atoms with E-state index in [0.717, 1.165) is 11.8 Å². The normalized spacial score (nSPS) is 11.9. The standard InChI is InChI=1S/C26H26ClN3O6S/c1-3-17(2)36-26(33)23-13-8-20(16-29-23)25(32)30-37(34,35)22-11-4-18(5-12-22)14-15-28-24(31)19-6-9-21(27)10-7-19/h4-13,16-17H,3,14-15H2,1-2H3,(H,28,31)(H,30,32)/t17-/m1/s1. The number of pyridine rings is 1. The minimum Gasteiger partial charge on any atom is -0.458 e. The van der Waals surface area contributed by atoms with E-state index in [1.54, 1.807) is 43.3 Å². The Kier molecular flexibility index (Phi) is 9.37. The van der Waals surface area contributed by atoms with Gasteiger partial charge in [-0.2, -0.15) is 0 Å². The van der Waals surface area contributed by atoms with Crippen molar-refractivity contribution in [3.8, 4) is 0 Å². The zero-order valence-electron chi connectivity index (χ0n) is 20.2. The first-order valence-corrected chi connectivity index (χ1v) is 13.3. The number of benzene rings is 2. The SMILES string of the molecule is CC[C@@H](C)OC(=O)c1ccc(C(=O)NS(=O)(=O)c2ccc(CCNC(=O)c3ccc(Cl)cc3)cc2)cn1. The Morgan fingerprint density at radius 3 is 2.19 bits per heavy atom. The second kappa shape index (κ2) is 12.5. The van der Waals surface area contributed by atoms with Gasteiger partial charge in [-0.25, -0.2) is 22.9 Å². The molecule has 0 fully saturated rings. The van der Waals surface area contributed by atoms with Crippen molar-refractivity contribution in [3.63, 3.8) is 0 Å². The zero-order chi connectivity index (χ0) is 27.0. The van der Waals surface area contributed by atoms with Crippen LogP contribution in [0.2, 0.25) is 5.02 Å². The van der Waals surface area contributed by atoms with E-state index >= 15 is 0 Å². The van der Waals surface area contributed by atoms with E-state index in [9.17, 15) is 22.8 Å². The van der Waals surface area contributed by atoms with Gasteiger partial charge in [-0.1, -0.05) is 30.7 Å². The Morgan fingerprint density at radius 2 is 1.59 bits per heavy atom. The summed E-state index contributed by atoms with van der Waals surface area (Å²) < 4.78 is 32.5. The van der Waals surface area contributed by atoms with Crippen molar-refractivity contribution < 1.29 is 27.5 Å². The van der Waals surface area contributed by atoms with Crippen molar-refractivity contribution in [1.82, 2.24) is 15.0 Å². The fourth-order valence-corrected chi connectivity index (χ4v) is 4.17. The number of carbonyl (C=O) groups excluding carboxylic acids is 3. The second-order valence-corrected chi connectivity index (χ2v) is 10.3. The van der Waals surface area contributed by atoms with Gasteiger partial charge in [0.15, 0.2) is 0 Å². The fourth-order valence-electron chi connectivity index (χ4n) is 3.07. The first-order valence-electron chi connectivity index (χ1n) is 11.5. The van der Waals surface area contributed by atoms with Crippen LogP contribution in [0.15, 0.2) is 71.8 Å². The summed E-state index contributed by atoms with van der Waals surface area (Å²) in [4.78, 5) is 40.4. The van der Waals surface area contributed by atoms with E-state index in [4.69, 9.17) is 16.3 Å². The van der Waals surface area contributed by atoms with E-state index in [2.05, 4.69) is 10.3 Å². The molecule has 0 aliphatic carbocycles. The molecule has 0 aliphatic heterocycles. The topological polar surface area (TPSA) is 132 Å². The smallest absolute Gasteiger partial charge is 0.357 e. The van der Waals surface area contributed by atoms with E-state index < -0.39 is 21.9 Å². The highest BCUT2D eigenvalue weighted by molar-refractivity contribution is 7.90. The van der Waals surface area contributed by atoms with Crippen molar-refractivity contribution in [1.29, 1.82) is 0 Å². The first-order chi connectivity index (χ1) is 17.6. The van der Waals surface area contributed by atoms with Crippen molar-refractivity contribution in [2.75, 3.05) is 6.54 Å². The van der Waals surface area contributed by atoms with Gasteiger partial charge in [0, 0.05) is 23.3 Å². The van der Waals surface area contributed by atoms with E-state index in [0.29, 0.717) is 30.0 Å². The predicted octanol–water partition coefficient (Wildman–Crippen LogP) is 3.78. The number of hydrogen-bond acceptors (Lipinski definition) is 7. The van der Waals surface area contributed by atoms with Crippen LogP contribution in [0.5, 0.6) is 0 Å². The third-order valence-corrected chi connectivity index (χ3v) is 6.98. The molecule has 1 aromatic heterocycles. The molecule has 194 valence electrons. The molecular formula is C26H26ClN3O6S. The van der Waals surface area contributed by atoms with Crippen LogP contribution in [0.25, 0.3) is 0 Å². The lowest BCUT2D eigenvalue weighted by Gasteiger charge is -2.11. The molecule has 0 bridgehead atoms. The molecule has 11 heteroatoms. The Morgan fingerprint density at radius 1 is 0.946 bits per heavy atom. The summed E-state index contributed by atoms with van der Waals surface area (Å²) in [6, 6.07) is 15.1. The van der Waals surface area contributed by atoms with Crippen molar-refractivity contribution in [2.24, 2.45) is 0 Å². The molecule has 0 unspecified atom stereocenters. The number of ether oxygens (including phenoxy) is 1. The summed E-state index contributed by atoms with van der Waals surface area (Å²) in [5.74, 6) is -1.75. The van der Waals surface area contributed by atoms with Crippen LogP contribution in [0, 0.1) is 0 Å². The number of carbonyl (C=O) groups is 3. The average molecular weight is 544 g/mol. The van der Waals surface area contributed by atoms with Crippen LogP contribution in [-0.4, -0.2) is 43.8 Å². The Hall–Kier alpha value is -3.76. The number of esters is 1. The number of amides is 2. The van der Waals surface area contributed by atoms with Gasteiger partial charge in [0.2, 0.25) is 0 Å². The highest BCUT2D eigenvalue weighted by Gasteiger charge is 2.20. The van der Waals surface area contributed by atoms with Gasteiger partial charge >= 0.3 is 5.97 Å². The van der Waals surface area contributed by atoms with Crippen LogP contribution in [-0.2, 0) is 21.2 Å². The van der Waals surface area contributed by atoms with Crippen LogP contribution in [0.3, 0.4) is 0 Å². The summed E-state index contributed by atoms with van der Waals surface area (Å²) in [6.45, 7) is 3.96. The van der Waals surface area contributed by atoms with E-state index in [1.807, 2.05) is 11.6 Å². The summed E-state index contributed by atoms with van der Waals surface area (Å²) in [6.07, 6.45) is 1.96. The maximum absolute atomic E-state index is 12.6. The summed E-state index contributed by atoms with van der Waals surface area (Å²) >= 11 is 5.82. The van der Waals surface area contributed by atoms with Gasteiger partial charge in [0.05, 0.1) is 16.6 Å². The molecule has 0 spiro atoms. The molecule has 1 heterocycles. The zero-order valence-corrected chi connectivity index (χ0v) is 21.8. The molecule has 0 saturated carbocycles. The summed E-state index contributed by atoms with van der Waals surface area (Å²) in [7, 11) is -4.14. The Bertz CT molecular complexity index is 1360. The fraction of sp³-hybridized carbons (Fsp3) is 0.231. The van der Waals surface area contributed by atoms with Crippen molar-refractivity contribution in [2.45, 2.75) is 37.7 Å². The van der Waals surface area contributed by atoms with Gasteiger partial charge in [-0.3, -0.25) is 9.59 Å². The van der Waals surface area contributed by atoms with Crippen molar-refractivity contribution >= 4 is 39.4 Å². The molecule has 2 amide bonds. The van der Waals surface area contributed by atoms with Crippen LogP contribution in [0.1, 0.15) is 57.0 Å². The van der Waals surface area contributed by atoms with E-state index in [1.165, 1.54) is 24.3 Å². The molecule has 37 heavy (non-hydrogen) atoms. The average Bonchev–Trinajstić information content (AvgIpc) is 2.89. The maximum Gasteiger partial charge on any atom is 0.357 e. The summed E-state index contributed by atoms with van der Waals surface area (Å²) in [5, 5.41) is 3.33. The molecule has 0 radical (unpaired) electrons. The number of halogens is 1. The predicted molar refractivity (Wildman–Crippen MR) is 138 cm³/mol. The first kappa shape index (κ1) is 27.8. The van der Waals surface area contributed by atoms with Gasteiger partial charge in [0.1, 0.15) is 5.69 Å². The molecule has 3 aromatic rings. The van der Waals surface area contributed by atoms with Crippen LogP contribution >= 0.6 is 11.6 Å². The molecule has 2 N–H and O–H groups in total. The maximum atomic E-state index is 12.6. The number of nitrogens with zero attached hydrogens (tertiary/aromatic N) is 1. The monoisotopic (exact) mass is 543 g/mol. The number of hydrogen-bond donors (Lipinski definition) is 2. The quantitative estimate of drug-likeness (QED) is 0.372.